The third-order valence-electron chi connectivity index (χ3n) is 2.77. The maximum atomic E-state index is 11.1. The largest absolute Gasteiger partial charge is 0.466 e. The molecule has 0 amide bonds. The Morgan fingerprint density at radius 1 is 1.17 bits per heavy atom. The van der Waals surface area contributed by atoms with Crippen LogP contribution in [0.2, 0.25) is 0 Å². The molecule has 0 spiro atoms. The van der Waals surface area contributed by atoms with Gasteiger partial charge in [-0.05, 0) is 31.7 Å². The Morgan fingerprint density at radius 2 is 1.89 bits per heavy atom. The molecular formula is C15H20O3. The third kappa shape index (κ3) is 5.62. The number of ether oxygens (including phenoxy) is 1. The highest BCUT2D eigenvalue weighted by Crippen LogP contribution is 2.09. The molecule has 3 nitrogen and oxygen atoms in total. The summed E-state index contributed by atoms with van der Waals surface area (Å²) in [5, 5.41) is 0. The third-order valence-corrected chi connectivity index (χ3v) is 2.77. The van der Waals surface area contributed by atoms with E-state index in [0.29, 0.717) is 18.6 Å². The zero-order chi connectivity index (χ0) is 13.2. The molecule has 0 aliphatic carbocycles. The highest BCUT2D eigenvalue weighted by molar-refractivity contribution is 5.74. The first kappa shape index (κ1) is 14.4. The van der Waals surface area contributed by atoms with Crippen LogP contribution in [0.25, 0.3) is 0 Å². The van der Waals surface area contributed by atoms with Gasteiger partial charge in [0.05, 0.1) is 6.61 Å². The van der Waals surface area contributed by atoms with Gasteiger partial charge in [-0.2, -0.15) is 0 Å². The summed E-state index contributed by atoms with van der Waals surface area (Å²) < 4.78 is 4.86. The molecule has 98 valence electrons. The van der Waals surface area contributed by atoms with Crippen molar-refractivity contribution in [3.05, 3.63) is 35.4 Å². The first-order valence-corrected chi connectivity index (χ1v) is 6.46. The molecule has 0 aliphatic rings. The van der Waals surface area contributed by atoms with Crippen molar-refractivity contribution in [3.8, 4) is 0 Å². The number of rotatable bonds is 8. The number of hydrogen-bond acceptors (Lipinski definition) is 3. The fraction of sp³-hybridized carbons (Fsp3) is 0.467. The molecule has 0 unspecified atom stereocenters. The molecule has 1 aromatic carbocycles. The predicted octanol–water partition coefficient (Wildman–Crippen LogP) is 3.17. The van der Waals surface area contributed by atoms with Crippen molar-refractivity contribution in [3.63, 3.8) is 0 Å². The number of aryl methyl sites for hydroxylation is 1. The van der Waals surface area contributed by atoms with E-state index in [1.807, 2.05) is 31.2 Å². The molecular weight excluding hydrogens is 228 g/mol. The van der Waals surface area contributed by atoms with Crippen molar-refractivity contribution >= 4 is 12.3 Å². The van der Waals surface area contributed by atoms with Gasteiger partial charge in [0, 0.05) is 12.0 Å². The summed E-state index contributed by atoms with van der Waals surface area (Å²) in [6.07, 6.45) is 5.31. The lowest BCUT2D eigenvalue weighted by molar-refractivity contribution is -0.143. The van der Waals surface area contributed by atoms with E-state index in [-0.39, 0.29) is 5.97 Å². The molecule has 1 aromatic rings. The Labute approximate surface area is 108 Å². The summed E-state index contributed by atoms with van der Waals surface area (Å²) in [6, 6.07) is 7.63. The summed E-state index contributed by atoms with van der Waals surface area (Å²) in [7, 11) is 0. The maximum Gasteiger partial charge on any atom is 0.305 e. The molecule has 0 saturated carbocycles. The van der Waals surface area contributed by atoms with E-state index in [2.05, 4.69) is 0 Å². The van der Waals surface area contributed by atoms with Gasteiger partial charge in [-0.1, -0.05) is 30.7 Å². The number of hydrogen-bond donors (Lipinski definition) is 0. The minimum absolute atomic E-state index is 0.104. The van der Waals surface area contributed by atoms with Crippen molar-refractivity contribution in [2.24, 2.45) is 0 Å². The van der Waals surface area contributed by atoms with E-state index in [1.165, 1.54) is 5.56 Å². The zero-order valence-corrected chi connectivity index (χ0v) is 10.9. The number of esters is 1. The van der Waals surface area contributed by atoms with Crippen LogP contribution >= 0.6 is 0 Å². The van der Waals surface area contributed by atoms with Gasteiger partial charge in [0.15, 0.2) is 0 Å². The molecule has 0 aliphatic heterocycles. The molecule has 0 heterocycles. The smallest absolute Gasteiger partial charge is 0.305 e. The van der Waals surface area contributed by atoms with Crippen molar-refractivity contribution in [1.29, 1.82) is 0 Å². The van der Waals surface area contributed by atoms with Crippen LogP contribution in [0.15, 0.2) is 24.3 Å². The van der Waals surface area contributed by atoms with E-state index >= 15 is 0 Å². The Bertz CT molecular complexity index is 368. The SMILES string of the molecule is CCOC(=O)CCCCCc1ccc(C=O)cc1. The summed E-state index contributed by atoms with van der Waals surface area (Å²) in [5.74, 6) is -0.104. The second kappa shape index (κ2) is 8.45. The van der Waals surface area contributed by atoms with Crippen LogP contribution in [-0.2, 0) is 16.0 Å². The molecule has 18 heavy (non-hydrogen) atoms. The summed E-state index contributed by atoms with van der Waals surface area (Å²) in [6.45, 7) is 2.28. The van der Waals surface area contributed by atoms with Crippen molar-refractivity contribution < 1.29 is 14.3 Å². The molecule has 0 aromatic heterocycles. The molecule has 0 N–H and O–H groups in total. The van der Waals surface area contributed by atoms with Crippen LogP contribution in [0, 0.1) is 0 Å². The average Bonchev–Trinajstić information content (AvgIpc) is 2.39. The number of aldehydes is 1. The molecule has 0 radical (unpaired) electrons. The van der Waals surface area contributed by atoms with Gasteiger partial charge in [-0.3, -0.25) is 9.59 Å². The van der Waals surface area contributed by atoms with Crippen LogP contribution in [0.5, 0.6) is 0 Å². The summed E-state index contributed by atoms with van der Waals surface area (Å²) >= 11 is 0. The Hall–Kier alpha value is -1.64. The lowest BCUT2D eigenvalue weighted by atomic mass is 10.0. The standard InChI is InChI=1S/C15H20O3/c1-2-18-15(17)7-5-3-4-6-13-8-10-14(12-16)11-9-13/h8-12H,2-7H2,1H3. The zero-order valence-electron chi connectivity index (χ0n) is 10.9. The van der Waals surface area contributed by atoms with Crippen molar-refractivity contribution in [1.82, 2.24) is 0 Å². The molecule has 0 bridgehead atoms. The molecule has 0 saturated heterocycles. The second-order valence-corrected chi connectivity index (χ2v) is 4.23. The molecule has 0 fully saturated rings. The highest BCUT2D eigenvalue weighted by atomic mass is 16.5. The Balaban J connectivity index is 2.13. The topological polar surface area (TPSA) is 43.4 Å². The monoisotopic (exact) mass is 248 g/mol. The fourth-order valence-corrected chi connectivity index (χ4v) is 1.77. The van der Waals surface area contributed by atoms with Gasteiger partial charge in [0.25, 0.3) is 0 Å². The molecule has 0 atom stereocenters. The quantitative estimate of drug-likeness (QED) is 0.403. The van der Waals surface area contributed by atoms with Gasteiger partial charge in [-0.15, -0.1) is 0 Å². The van der Waals surface area contributed by atoms with Gasteiger partial charge in [0.2, 0.25) is 0 Å². The molecule has 1 rings (SSSR count). The maximum absolute atomic E-state index is 11.1. The van der Waals surface area contributed by atoms with Gasteiger partial charge < -0.3 is 4.74 Å². The number of benzene rings is 1. The second-order valence-electron chi connectivity index (χ2n) is 4.23. The molecule has 3 heteroatoms. The van der Waals surface area contributed by atoms with Gasteiger partial charge in [0.1, 0.15) is 6.29 Å². The van der Waals surface area contributed by atoms with Gasteiger partial charge >= 0.3 is 5.97 Å². The first-order valence-electron chi connectivity index (χ1n) is 6.46. The van der Waals surface area contributed by atoms with E-state index in [9.17, 15) is 9.59 Å². The average molecular weight is 248 g/mol. The first-order chi connectivity index (χ1) is 8.76. The fourth-order valence-electron chi connectivity index (χ4n) is 1.77. The van der Waals surface area contributed by atoms with E-state index < -0.39 is 0 Å². The van der Waals surface area contributed by atoms with Crippen molar-refractivity contribution in [2.45, 2.75) is 39.0 Å². The van der Waals surface area contributed by atoms with Crippen LogP contribution in [0.3, 0.4) is 0 Å². The lowest BCUT2D eigenvalue weighted by Crippen LogP contribution is -2.03. The lowest BCUT2D eigenvalue weighted by Gasteiger charge is -2.03. The summed E-state index contributed by atoms with van der Waals surface area (Å²) in [4.78, 5) is 21.6. The number of unbranched alkanes of at least 4 members (excludes halogenated alkanes) is 2. The van der Waals surface area contributed by atoms with Crippen LogP contribution < -0.4 is 0 Å². The highest BCUT2D eigenvalue weighted by Gasteiger charge is 2.01. The van der Waals surface area contributed by atoms with Crippen LogP contribution in [0.4, 0.5) is 0 Å². The number of carbonyl (C=O) groups is 2. The summed E-state index contributed by atoms with van der Waals surface area (Å²) in [5.41, 5.74) is 1.94. The normalized spacial score (nSPS) is 10.1. The van der Waals surface area contributed by atoms with Crippen molar-refractivity contribution in [2.75, 3.05) is 6.61 Å². The van der Waals surface area contributed by atoms with E-state index in [0.717, 1.165) is 32.0 Å². The predicted molar refractivity (Wildman–Crippen MR) is 70.6 cm³/mol. The minimum atomic E-state index is -0.104. The van der Waals surface area contributed by atoms with E-state index in [1.54, 1.807) is 0 Å². The minimum Gasteiger partial charge on any atom is -0.466 e. The van der Waals surface area contributed by atoms with Gasteiger partial charge in [-0.25, -0.2) is 0 Å². The van der Waals surface area contributed by atoms with E-state index in [4.69, 9.17) is 4.74 Å². The Morgan fingerprint density at radius 3 is 2.50 bits per heavy atom. The Kier molecular flexibility index (Phi) is 6.77. The van der Waals surface area contributed by atoms with Crippen LogP contribution in [-0.4, -0.2) is 18.9 Å². The number of carbonyl (C=O) groups excluding carboxylic acids is 2. The van der Waals surface area contributed by atoms with Crippen LogP contribution in [0.1, 0.15) is 48.5 Å².